The number of likely N-dealkylation sites (N-methyl/N-ethyl adjacent to an activating group) is 2. The smallest absolute Gasteiger partial charge is 0.251 e. The van der Waals surface area contributed by atoms with E-state index in [-0.39, 0.29) is 73.1 Å². The summed E-state index contributed by atoms with van der Waals surface area (Å²) in [5, 5.41) is 33.0. The van der Waals surface area contributed by atoms with Gasteiger partial charge < -0.3 is 46.8 Å². The Kier molecular flexibility index (Phi) is 19.1. The summed E-state index contributed by atoms with van der Waals surface area (Å²) in [5.41, 5.74) is 7.83. The van der Waals surface area contributed by atoms with Crippen LogP contribution in [0.5, 0.6) is 0 Å². The third-order valence-corrected chi connectivity index (χ3v) is 17.1. The lowest BCUT2D eigenvalue weighted by molar-refractivity contribution is -0.147. The molecule has 4 aromatic carbocycles. The summed E-state index contributed by atoms with van der Waals surface area (Å²) in [7, 11) is 3.44. The number of aliphatic hydroxyl groups is 1. The van der Waals surface area contributed by atoms with Gasteiger partial charge in [0.05, 0.1) is 24.2 Å². The fraction of sp³-hybridized carbons (Fsp3) is 0.531. The van der Waals surface area contributed by atoms with Crippen LogP contribution in [0, 0.1) is 10.8 Å². The third-order valence-electron chi connectivity index (χ3n) is 17.1. The molecule has 1 saturated heterocycles. The Morgan fingerprint density at radius 2 is 1.18 bits per heavy atom. The van der Waals surface area contributed by atoms with Gasteiger partial charge in [-0.25, -0.2) is 0 Å². The highest BCUT2D eigenvalue weighted by Crippen LogP contribution is 2.35. The first-order chi connectivity index (χ1) is 38.0. The first kappa shape index (κ1) is 59.7. The van der Waals surface area contributed by atoms with E-state index in [1.54, 1.807) is 43.0 Å². The van der Waals surface area contributed by atoms with Crippen LogP contribution in [-0.2, 0) is 62.6 Å². The van der Waals surface area contributed by atoms with Gasteiger partial charge in [-0.3, -0.25) is 34.1 Å². The van der Waals surface area contributed by atoms with Gasteiger partial charge >= 0.3 is 0 Å². The van der Waals surface area contributed by atoms with Crippen molar-refractivity contribution in [1.82, 2.24) is 47.0 Å². The van der Waals surface area contributed by atoms with Gasteiger partial charge in [0.1, 0.15) is 24.4 Å². The number of nitrogens with one attached hydrogen (secondary N) is 7. The summed E-state index contributed by atoms with van der Waals surface area (Å²) in [5.74, 6) is -1.72. The number of hydrogen-bond acceptors (Lipinski definition) is 10. The van der Waals surface area contributed by atoms with Crippen LogP contribution in [0.25, 0.3) is 0 Å². The number of rotatable bonds is 18. The SMILES string of the molecule is CN[C@@H](C)C(=O)N[C@H](C(=O)N1Cc2cc(CCc3ccc(C(=O)N[C@H]4C[C@@H](C(=O)N[C@@H]5CCCc6ccccc65)N(C(=O)[C@@H](NC(O)[C@H](C)NC)C(C)(C)C)C4)cc3)ccc2C[C@H]1C(=O)N[C@@H]1CCCc2ccccc21)C(C)(C)C. The van der Waals surface area contributed by atoms with Gasteiger partial charge in [0.15, 0.2) is 0 Å². The van der Waals surface area contributed by atoms with Gasteiger partial charge in [0.25, 0.3) is 5.91 Å². The molecule has 16 heteroatoms. The van der Waals surface area contributed by atoms with Crippen molar-refractivity contribution in [1.29, 1.82) is 0 Å². The maximum Gasteiger partial charge on any atom is 0.251 e. The van der Waals surface area contributed by atoms with Gasteiger partial charge in [0, 0.05) is 37.2 Å². The first-order valence-electron chi connectivity index (χ1n) is 29.0. The standard InChI is InChI=1S/C64H87N9O7/c1-38(65-9)56(74)70-54(63(3,4)5)61(79)72-36-46-33-41(29-32-45(46)34-52(72)59(77)68-50-23-15-19-42-17-11-13-21-48(42)50)26-25-40-27-30-44(31-28-40)58(76)67-47-35-53(60(78)69-51-24-16-20-43-18-12-14-22-49(43)51)73(37-47)62(80)55(64(6,7)8)71-57(75)39(2)66-10/h11-14,17-18,21-22,27-33,38-39,47,50-55,57,65-66,71,75H,15-16,19-20,23-26,34-37H2,1-10H3,(H,67,76)(H,68,77)(H,69,78)(H,70,74)/t38-,39-,47-,50+,51+,52-,53-,54+,55+,57?/m0/s1. The van der Waals surface area contributed by atoms with Gasteiger partial charge in [-0.05, 0) is 153 Å². The van der Waals surface area contributed by atoms with Crippen LogP contribution in [-0.4, -0.2) is 120 Å². The van der Waals surface area contributed by atoms with Crippen molar-refractivity contribution >= 4 is 35.4 Å². The highest BCUT2D eigenvalue weighted by atomic mass is 16.3. The number of nitrogens with zero attached hydrogens (tertiary/aromatic N) is 2. The van der Waals surface area contributed by atoms with Crippen LogP contribution in [0.1, 0.15) is 154 Å². The van der Waals surface area contributed by atoms with Gasteiger partial charge in [-0.2, -0.15) is 0 Å². The minimum absolute atomic E-state index is 0.119. The van der Waals surface area contributed by atoms with E-state index in [0.717, 1.165) is 71.9 Å². The molecule has 4 aliphatic rings. The summed E-state index contributed by atoms with van der Waals surface area (Å²) in [6.07, 6.45) is 6.24. The molecule has 80 heavy (non-hydrogen) atoms. The molecule has 10 atom stereocenters. The normalized spacial score (nSPS) is 21.8. The Morgan fingerprint density at radius 3 is 1.75 bits per heavy atom. The predicted octanol–water partition coefficient (Wildman–Crippen LogP) is 5.88. The van der Waals surface area contributed by atoms with E-state index in [0.29, 0.717) is 24.8 Å². The Morgan fingerprint density at radius 1 is 0.625 bits per heavy atom. The Balaban J connectivity index is 0.955. The van der Waals surface area contributed by atoms with Gasteiger partial charge in [0.2, 0.25) is 29.5 Å². The molecule has 16 nitrogen and oxygen atoms in total. The molecule has 2 aliphatic carbocycles. The van der Waals surface area contributed by atoms with E-state index in [4.69, 9.17) is 0 Å². The quantitative estimate of drug-likeness (QED) is 0.0555. The van der Waals surface area contributed by atoms with Crippen molar-refractivity contribution in [3.05, 3.63) is 141 Å². The Labute approximate surface area is 473 Å². The molecule has 8 rings (SSSR count). The number of carbonyl (C=O) groups excluding carboxylic acids is 6. The molecule has 2 aliphatic heterocycles. The van der Waals surface area contributed by atoms with Crippen molar-refractivity contribution in [2.75, 3.05) is 20.6 Å². The van der Waals surface area contributed by atoms with Crippen LogP contribution in [0.3, 0.4) is 0 Å². The molecule has 4 aromatic rings. The van der Waals surface area contributed by atoms with Crippen LogP contribution in [0.4, 0.5) is 0 Å². The topological polar surface area (TPSA) is 213 Å². The molecular weight excluding hydrogens is 1010 g/mol. The number of aliphatic hydroxyl groups excluding tert-OH is 1. The van der Waals surface area contributed by atoms with Crippen LogP contribution >= 0.6 is 0 Å². The molecular formula is C64H87N9O7. The monoisotopic (exact) mass is 1090 g/mol. The van der Waals surface area contributed by atoms with Crippen molar-refractivity contribution in [3.8, 4) is 0 Å². The maximum absolute atomic E-state index is 14.9. The van der Waals surface area contributed by atoms with Crippen molar-refractivity contribution < 1.29 is 33.9 Å². The minimum atomic E-state index is -1.04. The zero-order valence-electron chi connectivity index (χ0n) is 48.7. The predicted molar refractivity (Wildman–Crippen MR) is 311 cm³/mol. The molecule has 0 radical (unpaired) electrons. The number of fused-ring (bicyclic) bond motifs is 3. The second-order valence-corrected chi connectivity index (χ2v) is 25.0. The van der Waals surface area contributed by atoms with E-state index in [1.807, 2.05) is 84.9 Å². The van der Waals surface area contributed by atoms with E-state index < -0.39 is 53.3 Å². The van der Waals surface area contributed by atoms with E-state index in [1.165, 1.54) is 11.1 Å². The summed E-state index contributed by atoms with van der Waals surface area (Å²) >= 11 is 0. The van der Waals surface area contributed by atoms with Crippen molar-refractivity contribution in [3.63, 3.8) is 0 Å². The zero-order chi connectivity index (χ0) is 57.6. The molecule has 8 N–H and O–H groups in total. The van der Waals surface area contributed by atoms with Gasteiger partial charge in [-0.15, -0.1) is 0 Å². The van der Waals surface area contributed by atoms with Crippen molar-refractivity contribution in [2.45, 2.75) is 187 Å². The average molecular weight is 1090 g/mol. The second-order valence-electron chi connectivity index (χ2n) is 25.0. The summed E-state index contributed by atoms with van der Waals surface area (Å²) < 4.78 is 0. The molecule has 0 spiro atoms. The third kappa shape index (κ3) is 14.0. The summed E-state index contributed by atoms with van der Waals surface area (Å²) in [6, 6.07) is 25.0. The van der Waals surface area contributed by atoms with Crippen LogP contribution < -0.4 is 37.2 Å². The van der Waals surface area contributed by atoms with E-state index in [2.05, 4.69) is 79.7 Å². The molecule has 0 bridgehead atoms. The number of aryl methyl sites for hydroxylation is 4. The molecule has 0 aromatic heterocycles. The lowest BCUT2D eigenvalue weighted by atomic mass is 9.83. The Hall–Kier alpha value is -6.46. The largest absolute Gasteiger partial charge is 0.377 e. The highest BCUT2D eigenvalue weighted by Gasteiger charge is 2.47. The van der Waals surface area contributed by atoms with Crippen LogP contribution in [0.2, 0.25) is 0 Å². The van der Waals surface area contributed by atoms with Gasteiger partial charge in [-0.1, -0.05) is 120 Å². The summed E-state index contributed by atoms with van der Waals surface area (Å²) in [6.45, 7) is 15.4. The fourth-order valence-corrected chi connectivity index (χ4v) is 12.0. The zero-order valence-corrected chi connectivity index (χ0v) is 48.7. The lowest BCUT2D eigenvalue weighted by Gasteiger charge is -2.42. The first-order valence-corrected chi connectivity index (χ1v) is 29.0. The molecule has 0 saturated carbocycles. The summed E-state index contributed by atoms with van der Waals surface area (Å²) in [4.78, 5) is 89.1. The number of carbonyl (C=O) groups is 6. The van der Waals surface area contributed by atoms with E-state index in [9.17, 15) is 33.9 Å². The number of amides is 6. The second kappa shape index (κ2) is 25.6. The molecule has 2 heterocycles. The van der Waals surface area contributed by atoms with Crippen molar-refractivity contribution in [2.24, 2.45) is 10.8 Å². The lowest BCUT2D eigenvalue weighted by Crippen LogP contribution is -2.62. The Bertz CT molecular complexity index is 2880. The maximum atomic E-state index is 14.9. The van der Waals surface area contributed by atoms with Crippen LogP contribution in [0.15, 0.2) is 91.0 Å². The minimum Gasteiger partial charge on any atom is -0.377 e. The number of hydrogen-bond donors (Lipinski definition) is 8. The number of likely N-dealkylation sites (tertiary alicyclic amines) is 1. The molecule has 1 unspecified atom stereocenters. The molecule has 1 fully saturated rings. The highest BCUT2D eigenvalue weighted by molar-refractivity contribution is 5.96. The number of benzene rings is 4. The fourth-order valence-electron chi connectivity index (χ4n) is 12.0. The van der Waals surface area contributed by atoms with E-state index >= 15 is 0 Å². The molecule has 6 amide bonds. The molecule has 430 valence electrons. The average Bonchev–Trinajstić information content (AvgIpc) is 3.88.